The molecule has 0 spiro atoms. The van der Waals surface area contributed by atoms with Gasteiger partial charge in [-0.2, -0.15) is 0 Å². The minimum atomic E-state index is -0.341. The number of piperidine rings is 1. The normalized spacial score (nSPS) is 16.1. The van der Waals surface area contributed by atoms with E-state index in [1.807, 2.05) is 6.92 Å². The molecule has 6 heteroatoms. The molecule has 1 aliphatic rings. The lowest BCUT2D eigenvalue weighted by atomic mass is 10.1. The lowest BCUT2D eigenvalue weighted by molar-refractivity contribution is -0.918. The Hall–Kier alpha value is -1.59. The van der Waals surface area contributed by atoms with Crippen molar-refractivity contribution in [1.82, 2.24) is 0 Å². The number of carbonyl (C=O) groups is 2. The molecule has 23 heavy (non-hydrogen) atoms. The van der Waals surface area contributed by atoms with Crippen molar-refractivity contribution in [2.24, 2.45) is 0 Å². The molecule has 1 aliphatic heterocycles. The topological polar surface area (TPSA) is 59.8 Å². The lowest BCUT2D eigenvalue weighted by Crippen LogP contribution is -3.17. The Balaban J connectivity index is 0.00000264. The number of carbonyl (C=O) groups excluding carboxylic acids is 2. The van der Waals surface area contributed by atoms with Crippen LogP contribution in [0.25, 0.3) is 0 Å². The SMILES string of the molecule is CCOC(=O)c1ccc(NC(=O)C(C)[NH+]2CCCCC2)cc1.[Cl-]. The Kier molecular flexibility index (Phi) is 8.06. The van der Waals surface area contributed by atoms with E-state index in [1.165, 1.54) is 24.2 Å². The summed E-state index contributed by atoms with van der Waals surface area (Å²) < 4.78 is 4.94. The first-order valence-corrected chi connectivity index (χ1v) is 8.04. The van der Waals surface area contributed by atoms with Crippen molar-refractivity contribution in [3.8, 4) is 0 Å². The first-order chi connectivity index (χ1) is 10.6. The second kappa shape index (κ2) is 9.53. The molecule has 1 aromatic carbocycles. The lowest BCUT2D eigenvalue weighted by Gasteiger charge is -2.28. The van der Waals surface area contributed by atoms with Crippen LogP contribution in [0.2, 0.25) is 0 Å². The van der Waals surface area contributed by atoms with E-state index in [0.717, 1.165) is 13.1 Å². The molecular weight excluding hydrogens is 316 g/mol. The van der Waals surface area contributed by atoms with Crippen LogP contribution >= 0.6 is 0 Å². The fraction of sp³-hybridized carbons (Fsp3) is 0.529. The molecule has 0 aliphatic carbocycles. The molecule has 2 rings (SSSR count). The Morgan fingerprint density at radius 3 is 2.35 bits per heavy atom. The molecule has 1 heterocycles. The van der Waals surface area contributed by atoms with Gasteiger partial charge < -0.3 is 27.4 Å². The van der Waals surface area contributed by atoms with Gasteiger partial charge in [-0.25, -0.2) is 4.79 Å². The predicted octanol–water partition coefficient (Wildman–Crippen LogP) is -1.74. The van der Waals surface area contributed by atoms with Crippen molar-refractivity contribution in [2.45, 2.75) is 39.2 Å². The summed E-state index contributed by atoms with van der Waals surface area (Å²) in [6.45, 7) is 6.24. The number of hydrogen-bond donors (Lipinski definition) is 2. The van der Waals surface area contributed by atoms with Crippen LogP contribution in [0.15, 0.2) is 24.3 Å². The summed E-state index contributed by atoms with van der Waals surface area (Å²) in [5.41, 5.74) is 1.20. The van der Waals surface area contributed by atoms with Crippen LogP contribution < -0.4 is 22.6 Å². The average Bonchev–Trinajstić information content (AvgIpc) is 2.55. The third-order valence-electron chi connectivity index (χ3n) is 4.17. The number of hydrogen-bond acceptors (Lipinski definition) is 3. The second-order valence-corrected chi connectivity index (χ2v) is 5.73. The number of nitrogens with one attached hydrogen (secondary N) is 2. The highest BCUT2D eigenvalue weighted by Gasteiger charge is 2.26. The highest BCUT2D eigenvalue weighted by molar-refractivity contribution is 5.94. The summed E-state index contributed by atoms with van der Waals surface area (Å²) in [5.74, 6) is -0.313. The van der Waals surface area contributed by atoms with Crippen molar-refractivity contribution >= 4 is 17.6 Å². The third kappa shape index (κ3) is 5.52. The maximum Gasteiger partial charge on any atom is 0.338 e. The number of benzene rings is 1. The van der Waals surface area contributed by atoms with Crippen LogP contribution in [-0.4, -0.2) is 37.6 Å². The van der Waals surface area contributed by atoms with E-state index in [2.05, 4.69) is 5.32 Å². The van der Waals surface area contributed by atoms with Crippen LogP contribution in [0.3, 0.4) is 0 Å². The summed E-state index contributed by atoms with van der Waals surface area (Å²) in [6.07, 6.45) is 3.66. The smallest absolute Gasteiger partial charge is 0.338 e. The first kappa shape index (κ1) is 19.5. The van der Waals surface area contributed by atoms with Crippen molar-refractivity contribution in [1.29, 1.82) is 0 Å². The molecule has 1 aromatic rings. The van der Waals surface area contributed by atoms with E-state index in [0.29, 0.717) is 17.9 Å². The van der Waals surface area contributed by atoms with Gasteiger partial charge in [0.2, 0.25) is 0 Å². The average molecular weight is 341 g/mol. The quantitative estimate of drug-likeness (QED) is 0.626. The second-order valence-electron chi connectivity index (χ2n) is 5.73. The molecule has 5 nitrogen and oxygen atoms in total. The summed E-state index contributed by atoms with van der Waals surface area (Å²) in [6, 6.07) is 6.77. The van der Waals surface area contributed by atoms with Gasteiger partial charge in [0.1, 0.15) is 0 Å². The van der Waals surface area contributed by atoms with Crippen LogP contribution in [0, 0.1) is 0 Å². The number of ether oxygens (including phenoxy) is 1. The molecule has 0 aromatic heterocycles. The van der Waals surface area contributed by atoms with E-state index >= 15 is 0 Å². The fourth-order valence-corrected chi connectivity index (χ4v) is 2.78. The Bertz CT molecular complexity index is 513. The van der Waals surface area contributed by atoms with Gasteiger partial charge in [0.25, 0.3) is 5.91 Å². The van der Waals surface area contributed by atoms with Gasteiger partial charge in [-0.15, -0.1) is 0 Å². The first-order valence-electron chi connectivity index (χ1n) is 8.04. The Labute approximate surface area is 143 Å². The molecule has 1 atom stereocenters. The van der Waals surface area contributed by atoms with Crippen LogP contribution in [-0.2, 0) is 9.53 Å². The van der Waals surface area contributed by atoms with Crippen molar-refractivity contribution < 1.29 is 31.6 Å². The van der Waals surface area contributed by atoms with E-state index in [-0.39, 0.29) is 30.3 Å². The monoisotopic (exact) mass is 340 g/mol. The molecule has 2 N–H and O–H groups in total. The largest absolute Gasteiger partial charge is 1.00 e. The Morgan fingerprint density at radius 1 is 1.17 bits per heavy atom. The number of anilines is 1. The number of halogens is 1. The zero-order valence-corrected chi connectivity index (χ0v) is 14.5. The summed E-state index contributed by atoms with van der Waals surface area (Å²) in [4.78, 5) is 25.2. The standard InChI is InChI=1S/C17H24N2O3.ClH/c1-3-22-17(21)14-7-9-15(10-8-14)18-16(20)13(2)19-11-5-4-6-12-19;/h7-10,13H,3-6,11-12H2,1-2H3,(H,18,20);1H. The molecule has 0 bridgehead atoms. The van der Waals surface area contributed by atoms with Crippen molar-refractivity contribution in [3.05, 3.63) is 29.8 Å². The van der Waals surface area contributed by atoms with E-state index < -0.39 is 0 Å². The van der Waals surface area contributed by atoms with Crippen LogP contribution in [0.1, 0.15) is 43.5 Å². The summed E-state index contributed by atoms with van der Waals surface area (Å²) in [7, 11) is 0. The van der Waals surface area contributed by atoms with Crippen LogP contribution in [0.4, 0.5) is 5.69 Å². The number of rotatable bonds is 5. The van der Waals surface area contributed by atoms with Gasteiger partial charge in [0.05, 0.1) is 25.3 Å². The highest BCUT2D eigenvalue weighted by Crippen LogP contribution is 2.11. The fourth-order valence-electron chi connectivity index (χ4n) is 2.78. The van der Waals surface area contributed by atoms with E-state index in [1.54, 1.807) is 31.2 Å². The number of quaternary nitrogens is 1. The number of likely N-dealkylation sites (tertiary alicyclic amines) is 1. The molecule has 1 fully saturated rings. The molecule has 1 saturated heterocycles. The maximum atomic E-state index is 12.3. The minimum absolute atomic E-state index is 0. The highest BCUT2D eigenvalue weighted by atomic mass is 35.5. The molecule has 128 valence electrons. The zero-order chi connectivity index (χ0) is 15.9. The summed E-state index contributed by atoms with van der Waals surface area (Å²) in [5, 5.41) is 2.93. The molecular formula is C17H25ClN2O3. The number of esters is 1. The van der Waals surface area contributed by atoms with Crippen molar-refractivity contribution in [2.75, 3.05) is 25.0 Å². The van der Waals surface area contributed by atoms with Gasteiger partial charge in [0, 0.05) is 5.69 Å². The van der Waals surface area contributed by atoms with Gasteiger partial charge in [-0.3, -0.25) is 4.79 Å². The van der Waals surface area contributed by atoms with E-state index in [4.69, 9.17) is 4.74 Å². The number of amides is 1. The van der Waals surface area contributed by atoms with Crippen molar-refractivity contribution in [3.63, 3.8) is 0 Å². The van der Waals surface area contributed by atoms with Gasteiger partial charge in [-0.05, 0) is 57.4 Å². The molecule has 1 unspecified atom stereocenters. The predicted molar refractivity (Wildman–Crippen MR) is 85.0 cm³/mol. The van der Waals surface area contributed by atoms with Gasteiger partial charge >= 0.3 is 5.97 Å². The molecule has 0 saturated carbocycles. The van der Waals surface area contributed by atoms with E-state index in [9.17, 15) is 9.59 Å². The Morgan fingerprint density at radius 2 is 1.78 bits per heavy atom. The molecule has 1 amide bonds. The zero-order valence-electron chi connectivity index (χ0n) is 13.7. The van der Waals surface area contributed by atoms with Gasteiger partial charge in [-0.1, -0.05) is 0 Å². The minimum Gasteiger partial charge on any atom is -1.00 e. The third-order valence-corrected chi connectivity index (χ3v) is 4.17. The maximum absolute atomic E-state index is 12.3. The van der Waals surface area contributed by atoms with Crippen LogP contribution in [0.5, 0.6) is 0 Å². The van der Waals surface area contributed by atoms with Gasteiger partial charge in [0.15, 0.2) is 6.04 Å². The summed E-state index contributed by atoms with van der Waals surface area (Å²) >= 11 is 0. The molecule has 0 radical (unpaired) electrons.